The Morgan fingerprint density at radius 3 is 2.69 bits per heavy atom. The zero-order valence-electron chi connectivity index (χ0n) is 19.4. The Kier molecular flexibility index (Phi) is 6.97. The lowest BCUT2D eigenvalue weighted by atomic mass is 9.90. The van der Waals surface area contributed by atoms with Gasteiger partial charge in [-0.15, -0.1) is 0 Å². The van der Waals surface area contributed by atoms with Gasteiger partial charge in [0.05, 0.1) is 42.9 Å². The van der Waals surface area contributed by atoms with Crippen molar-refractivity contribution in [3.63, 3.8) is 0 Å². The van der Waals surface area contributed by atoms with Crippen molar-refractivity contribution in [3.05, 3.63) is 57.1 Å². The maximum Gasteiger partial charge on any atom is 0.401 e. The van der Waals surface area contributed by atoms with Gasteiger partial charge in [0.15, 0.2) is 0 Å². The Morgan fingerprint density at radius 1 is 1.20 bits per heavy atom. The number of H-pyrrole nitrogens is 1. The molecule has 1 saturated heterocycles. The molecule has 2 aliphatic heterocycles. The summed E-state index contributed by atoms with van der Waals surface area (Å²) in [7, 11) is 0. The summed E-state index contributed by atoms with van der Waals surface area (Å²) in [5.41, 5.74) is 4.22. The van der Waals surface area contributed by atoms with Crippen LogP contribution in [0.5, 0.6) is 0 Å². The molecule has 35 heavy (non-hydrogen) atoms. The summed E-state index contributed by atoms with van der Waals surface area (Å²) < 4.78 is 54.2. The van der Waals surface area contributed by atoms with Crippen molar-refractivity contribution in [2.75, 3.05) is 38.2 Å². The van der Waals surface area contributed by atoms with Crippen molar-refractivity contribution in [3.8, 4) is 0 Å². The number of aromatic nitrogens is 2. The molecule has 5 rings (SSSR count). The summed E-state index contributed by atoms with van der Waals surface area (Å²) in [4.78, 5) is 11.7. The van der Waals surface area contributed by atoms with Gasteiger partial charge in [-0.25, -0.2) is 0 Å². The number of likely N-dealkylation sites (tertiary alicyclic amines) is 1. The highest BCUT2D eigenvalue weighted by Gasteiger charge is 2.42. The number of aromatic amines is 1. The second-order valence-electron chi connectivity index (χ2n) is 9.57. The van der Waals surface area contributed by atoms with Crippen LogP contribution >= 0.6 is 22.6 Å². The van der Waals surface area contributed by atoms with Crippen molar-refractivity contribution in [2.45, 2.75) is 44.1 Å². The van der Waals surface area contributed by atoms with E-state index in [-0.39, 0.29) is 18.8 Å². The van der Waals surface area contributed by atoms with E-state index in [1.54, 1.807) is 6.20 Å². The van der Waals surface area contributed by atoms with Crippen LogP contribution in [0.1, 0.15) is 36.3 Å². The molecule has 2 atom stereocenters. The predicted octanol–water partition coefficient (Wildman–Crippen LogP) is 5.52. The molecule has 0 saturated carbocycles. The number of hydrogen-bond acceptors (Lipinski definition) is 4. The van der Waals surface area contributed by atoms with E-state index >= 15 is 0 Å². The highest BCUT2D eigenvalue weighted by Crippen LogP contribution is 2.42. The monoisotopic (exact) mass is 601 g/mol. The first-order valence-corrected chi connectivity index (χ1v) is 12.9. The molecule has 188 valence electrons. The van der Waals surface area contributed by atoms with Crippen molar-refractivity contribution in [1.82, 2.24) is 19.8 Å². The molecule has 0 unspecified atom stereocenters. The summed E-state index contributed by atoms with van der Waals surface area (Å²) in [6, 6.07) is 9.14. The van der Waals surface area contributed by atoms with Crippen LogP contribution < -0.4 is 5.32 Å². The number of nitrogens with one attached hydrogen (secondary N) is 2. The fourth-order valence-corrected chi connectivity index (χ4v) is 5.81. The molecule has 0 aliphatic carbocycles. The number of halogens is 5. The molecule has 2 aliphatic rings. The summed E-state index contributed by atoms with van der Waals surface area (Å²) in [5.74, 6) is 0. The number of rotatable bonds is 7. The molecule has 5 nitrogen and oxygen atoms in total. The van der Waals surface area contributed by atoms with E-state index in [9.17, 15) is 17.6 Å². The molecule has 0 radical (unpaired) electrons. The summed E-state index contributed by atoms with van der Waals surface area (Å²) >= 11 is 2.26. The van der Waals surface area contributed by atoms with Gasteiger partial charge >= 0.3 is 6.18 Å². The number of benzene rings is 1. The van der Waals surface area contributed by atoms with Gasteiger partial charge in [-0.3, -0.25) is 19.2 Å². The summed E-state index contributed by atoms with van der Waals surface area (Å²) in [5, 5.41) is 4.49. The van der Waals surface area contributed by atoms with Gasteiger partial charge < -0.3 is 10.3 Å². The van der Waals surface area contributed by atoms with Crippen LogP contribution in [0.3, 0.4) is 0 Å². The van der Waals surface area contributed by atoms with Crippen molar-refractivity contribution < 1.29 is 17.6 Å². The van der Waals surface area contributed by atoms with Crippen LogP contribution in [-0.4, -0.2) is 70.9 Å². The molecule has 3 aromatic rings. The van der Waals surface area contributed by atoms with Gasteiger partial charge in [-0.2, -0.15) is 13.2 Å². The van der Waals surface area contributed by atoms with Crippen LogP contribution in [0, 0.1) is 3.57 Å². The largest absolute Gasteiger partial charge is 0.401 e. The standard InChI is InChI=1S/C25H28F4IN5/c1-15-9-20-19-10-16(30)3-5-21(19)33-23(20)24(35(15)14-25(27,28)29)22-6-4-17(11-31-22)32-18-12-34(13-18)8-2-7-26/h3-6,10-11,15,18,24,32-33H,2,7-9,12-14H2,1H3/t15-,24-/m1/s1. The number of alkyl halides is 4. The molecular weight excluding hydrogens is 573 g/mol. The second kappa shape index (κ2) is 9.85. The topological polar surface area (TPSA) is 47.2 Å². The van der Waals surface area contributed by atoms with Crippen molar-refractivity contribution >= 4 is 39.2 Å². The first-order chi connectivity index (χ1) is 16.7. The van der Waals surface area contributed by atoms with Gasteiger partial charge in [0.25, 0.3) is 0 Å². The molecular formula is C25H28F4IN5. The van der Waals surface area contributed by atoms with E-state index in [4.69, 9.17) is 0 Å². The van der Waals surface area contributed by atoms with Crippen molar-refractivity contribution in [2.24, 2.45) is 0 Å². The Morgan fingerprint density at radius 2 is 2.00 bits per heavy atom. The van der Waals surface area contributed by atoms with Crippen LogP contribution in [-0.2, 0) is 6.42 Å². The summed E-state index contributed by atoms with van der Waals surface area (Å²) in [6.07, 6.45) is -1.52. The molecule has 10 heteroatoms. The van der Waals surface area contributed by atoms with Crippen LogP contribution in [0.4, 0.5) is 23.2 Å². The average molecular weight is 601 g/mol. The molecule has 0 amide bonds. The predicted molar refractivity (Wildman–Crippen MR) is 137 cm³/mol. The number of anilines is 1. The third-order valence-corrected chi connectivity index (χ3v) is 7.61. The fourth-order valence-electron chi connectivity index (χ4n) is 5.31. The third kappa shape index (κ3) is 5.29. The Bertz CT molecular complexity index is 1170. The van der Waals surface area contributed by atoms with E-state index < -0.39 is 18.8 Å². The quantitative estimate of drug-likeness (QED) is 0.277. The lowest BCUT2D eigenvalue weighted by Crippen LogP contribution is -2.54. The maximum absolute atomic E-state index is 13.6. The molecule has 2 aromatic heterocycles. The number of fused-ring (bicyclic) bond motifs is 3. The van der Waals surface area contributed by atoms with E-state index in [0.29, 0.717) is 18.5 Å². The second-order valence-corrected chi connectivity index (χ2v) is 10.8. The first kappa shape index (κ1) is 24.8. The van der Waals surface area contributed by atoms with Crippen molar-refractivity contribution in [1.29, 1.82) is 0 Å². The number of nitrogens with zero attached hydrogens (tertiary/aromatic N) is 3. The fraction of sp³-hybridized carbons (Fsp3) is 0.480. The molecule has 0 spiro atoms. The number of hydrogen-bond donors (Lipinski definition) is 2. The minimum Gasteiger partial charge on any atom is -0.378 e. The Labute approximate surface area is 215 Å². The molecule has 1 aromatic carbocycles. The van der Waals surface area contributed by atoms with Gasteiger partial charge in [0.2, 0.25) is 0 Å². The van der Waals surface area contributed by atoms with Gasteiger partial charge in [0, 0.05) is 45.8 Å². The number of pyridine rings is 1. The van der Waals surface area contributed by atoms with E-state index in [1.165, 1.54) is 4.90 Å². The third-order valence-electron chi connectivity index (χ3n) is 6.94. The van der Waals surface area contributed by atoms with Crippen LogP contribution in [0.15, 0.2) is 36.5 Å². The average Bonchev–Trinajstić information content (AvgIpc) is 3.12. The minimum atomic E-state index is -4.31. The zero-order valence-corrected chi connectivity index (χ0v) is 21.5. The molecule has 1 fully saturated rings. The maximum atomic E-state index is 13.6. The van der Waals surface area contributed by atoms with Crippen LogP contribution in [0.2, 0.25) is 0 Å². The Balaban J connectivity index is 1.42. The van der Waals surface area contributed by atoms with Gasteiger partial charge in [-0.05, 0) is 78.3 Å². The highest BCUT2D eigenvalue weighted by molar-refractivity contribution is 14.1. The van der Waals surface area contributed by atoms with E-state index in [2.05, 4.69) is 48.8 Å². The van der Waals surface area contributed by atoms with Gasteiger partial charge in [-0.1, -0.05) is 0 Å². The summed E-state index contributed by atoms with van der Waals surface area (Å²) in [6.45, 7) is 3.01. The van der Waals surface area contributed by atoms with E-state index in [1.807, 2.05) is 31.2 Å². The molecule has 0 bridgehead atoms. The first-order valence-electron chi connectivity index (χ1n) is 11.8. The lowest BCUT2D eigenvalue weighted by Gasteiger charge is -2.41. The molecule has 4 heterocycles. The smallest absolute Gasteiger partial charge is 0.378 e. The minimum absolute atomic E-state index is 0.265. The normalized spacial score (nSPS) is 21.8. The zero-order chi connectivity index (χ0) is 24.7. The SMILES string of the molecule is C[C@@H]1Cc2c([nH]c3ccc(I)cc23)[C@@H](c2ccc(NC3CN(CCCF)C3)cn2)N1CC(F)(F)F. The Hall–Kier alpha value is -1.92. The highest BCUT2D eigenvalue weighted by atomic mass is 127. The lowest BCUT2D eigenvalue weighted by molar-refractivity contribution is -0.155. The van der Waals surface area contributed by atoms with Crippen LogP contribution in [0.25, 0.3) is 10.9 Å². The molecule has 2 N–H and O–H groups in total. The van der Waals surface area contributed by atoms with E-state index in [0.717, 1.165) is 51.1 Å². The van der Waals surface area contributed by atoms with Gasteiger partial charge in [0.1, 0.15) is 0 Å².